The number of amides is 1. The van der Waals surface area contributed by atoms with Gasteiger partial charge >= 0.3 is 5.97 Å². The highest BCUT2D eigenvalue weighted by Gasteiger charge is 2.15. The summed E-state index contributed by atoms with van der Waals surface area (Å²) in [6.45, 7) is 3.45. The van der Waals surface area contributed by atoms with E-state index in [0.29, 0.717) is 11.3 Å². The summed E-state index contributed by atoms with van der Waals surface area (Å²) < 4.78 is 4.68. The van der Waals surface area contributed by atoms with Gasteiger partial charge < -0.3 is 15.2 Å². The van der Waals surface area contributed by atoms with Crippen LogP contribution in [0.1, 0.15) is 21.5 Å². The van der Waals surface area contributed by atoms with E-state index >= 15 is 0 Å². The molecule has 1 amide bonds. The van der Waals surface area contributed by atoms with Crippen LogP contribution in [0.2, 0.25) is 0 Å². The van der Waals surface area contributed by atoms with Gasteiger partial charge in [0, 0.05) is 7.11 Å². The van der Waals surface area contributed by atoms with Crippen molar-refractivity contribution >= 4 is 17.6 Å². The van der Waals surface area contributed by atoms with Gasteiger partial charge in [0.2, 0.25) is 5.91 Å². The molecule has 0 atom stereocenters. The highest BCUT2D eigenvalue weighted by molar-refractivity contribution is 6.02. The molecule has 0 aliphatic rings. The van der Waals surface area contributed by atoms with E-state index in [1.807, 2.05) is 6.07 Å². The first-order chi connectivity index (χ1) is 7.95. The average Bonchev–Trinajstić information content (AvgIpc) is 2.21. The largest absolute Gasteiger partial charge is 0.478 e. The Balaban J connectivity index is 3.12. The predicted molar refractivity (Wildman–Crippen MR) is 63.4 cm³/mol. The molecule has 0 aliphatic carbocycles. The Morgan fingerprint density at radius 3 is 2.53 bits per heavy atom. The van der Waals surface area contributed by atoms with Gasteiger partial charge in [0.05, 0.1) is 11.3 Å². The number of carboxylic acids is 1. The Labute approximate surface area is 99.4 Å². The Morgan fingerprint density at radius 2 is 2.00 bits per heavy atom. The standard InChI is InChI=1S/C12H15NO4/c1-7-4-8(2)11(9(5-7)12(15)16)13-10(14)6-17-3/h4-5H,6H2,1-3H3,(H,13,14)(H,15,16). The van der Waals surface area contributed by atoms with E-state index in [4.69, 9.17) is 5.11 Å². The molecule has 0 bridgehead atoms. The van der Waals surface area contributed by atoms with Gasteiger partial charge in [0.1, 0.15) is 6.61 Å². The van der Waals surface area contributed by atoms with Crippen LogP contribution in [-0.2, 0) is 9.53 Å². The first kappa shape index (κ1) is 13.2. The van der Waals surface area contributed by atoms with Crippen LogP contribution in [-0.4, -0.2) is 30.7 Å². The van der Waals surface area contributed by atoms with Gasteiger partial charge in [0.25, 0.3) is 0 Å². The molecule has 0 unspecified atom stereocenters. The molecule has 0 radical (unpaired) electrons. The number of carbonyl (C=O) groups excluding carboxylic acids is 1. The molecule has 0 spiro atoms. The van der Waals surface area contributed by atoms with Crippen molar-refractivity contribution < 1.29 is 19.4 Å². The molecule has 0 fully saturated rings. The number of hydrogen-bond donors (Lipinski definition) is 2. The quantitative estimate of drug-likeness (QED) is 0.833. The van der Waals surface area contributed by atoms with E-state index in [1.54, 1.807) is 13.8 Å². The van der Waals surface area contributed by atoms with Gasteiger partial charge in [-0.1, -0.05) is 6.07 Å². The summed E-state index contributed by atoms with van der Waals surface area (Å²) >= 11 is 0. The number of carboxylic acid groups (broad SMARTS) is 1. The smallest absolute Gasteiger partial charge is 0.337 e. The zero-order valence-corrected chi connectivity index (χ0v) is 10.0. The second-order valence-corrected chi connectivity index (χ2v) is 3.79. The maximum absolute atomic E-state index is 11.4. The zero-order valence-electron chi connectivity index (χ0n) is 10.0. The van der Waals surface area contributed by atoms with Crippen molar-refractivity contribution in [3.63, 3.8) is 0 Å². The highest BCUT2D eigenvalue weighted by Crippen LogP contribution is 2.22. The van der Waals surface area contributed by atoms with E-state index in [1.165, 1.54) is 13.2 Å². The predicted octanol–water partition coefficient (Wildman–Crippen LogP) is 1.59. The van der Waals surface area contributed by atoms with E-state index in [0.717, 1.165) is 5.56 Å². The Morgan fingerprint density at radius 1 is 1.35 bits per heavy atom. The van der Waals surface area contributed by atoms with Crippen molar-refractivity contribution in [3.05, 3.63) is 28.8 Å². The summed E-state index contributed by atoms with van der Waals surface area (Å²) in [5.41, 5.74) is 1.97. The van der Waals surface area contributed by atoms with Crippen LogP contribution >= 0.6 is 0 Å². The average molecular weight is 237 g/mol. The fourth-order valence-electron chi connectivity index (χ4n) is 1.61. The molecule has 2 N–H and O–H groups in total. The summed E-state index contributed by atoms with van der Waals surface area (Å²) in [6.07, 6.45) is 0. The number of rotatable bonds is 4. The molecule has 1 aromatic carbocycles. The minimum atomic E-state index is -1.07. The molecule has 5 heteroatoms. The lowest BCUT2D eigenvalue weighted by Crippen LogP contribution is -2.20. The number of aryl methyl sites for hydroxylation is 2. The summed E-state index contributed by atoms with van der Waals surface area (Å²) in [5, 5.41) is 11.6. The van der Waals surface area contributed by atoms with Crippen LogP contribution in [0, 0.1) is 13.8 Å². The van der Waals surface area contributed by atoms with Gasteiger partial charge in [0.15, 0.2) is 0 Å². The summed E-state index contributed by atoms with van der Waals surface area (Å²) in [4.78, 5) is 22.5. The minimum absolute atomic E-state index is 0.0898. The second kappa shape index (κ2) is 5.45. The molecular weight excluding hydrogens is 222 g/mol. The third kappa shape index (κ3) is 3.29. The Bertz CT molecular complexity index is 454. The van der Waals surface area contributed by atoms with Crippen LogP contribution in [0.4, 0.5) is 5.69 Å². The molecule has 92 valence electrons. The number of ether oxygens (including phenoxy) is 1. The van der Waals surface area contributed by atoms with Gasteiger partial charge in [-0.3, -0.25) is 4.79 Å². The lowest BCUT2D eigenvalue weighted by molar-refractivity contribution is -0.119. The van der Waals surface area contributed by atoms with Crippen LogP contribution < -0.4 is 5.32 Å². The molecule has 5 nitrogen and oxygen atoms in total. The fraction of sp³-hybridized carbons (Fsp3) is 0.333. The maximum Gasteiger partial charge on any atom is 0.337 e. The monoisotopic (exact) mass is 237 g/mol. The highest BCUT2D eigenvalue weighted by atomic mass is 16.5. The number of benzene rings is 1. The van der Waals surface area contributed by atoms with Crippen molar-refractivity contribution in [3.8, 4) is 0 Å². The summed E-state index contributed by atoms with van der Waals surface area (Å²) in [7, 11) is 1.40. The van der Waals surface area contributed by atoms with Crippen molar-refractivity contribution in [2.75, 3.05) is 19.0 Å². The third-order valence-electron chi connectivity index (χ3n) is 2.25. The SMILES string of the molecule is COCC(=O)Nc1c(C)cc(C)cc1C(=O)O. The molecule has 1 aromatic rings. The van der Waals surface area contributed by atoms with Crippen LogP contribution in [0.5, 0.6) is 0 Å². The van der Waals surface area contributed by atoms with E-state index in [9.17, 15) is 9.59 Å². The van der Waals surface area contributed by atoms with Crippen molar-refractivity contribution in [2.24, 2.45) is 0 Å². The van der Waals surface area contributed by atoms with Crippen LogP contribution in [0.25, 0.3) is 0 Å². The van der Waals surface area contributed by atoms with Gasteiger partial charge in [-0.05, 0) is 31.0 Å². The second-order valence-electron chi connectivity index (χ2n) is 3.79. The first-order valence-electron chi connectivity index (χ1n) is 5.09. The molecule has 0 heterocycles. The molecule has 0 saturated heterocycles. The number of hydrogen-bond acceptors (Lipinski definition) is 3. The van der Waals surface area contributed by atoms with Crippen LogP contribution in [0.15, 0.2) is 12.1 Å². The summed E-state index contributed by atoms with van der Waals surface area (Å²) in [5.74, 6) is -1.44. The molecular formula is C12H15NO4. The van der Waals surface area contributed by atoms with Crippen molar-refractivity contribution in [2.45, 2.75) is 13.8 Å². The Kier molecular flexibility index (Phi) is 4.23. The molecule has 17 heavy (non-hydrogen) atoms. The zero-order chi connectivity index (χ0) is 13.0. The van der Waals surface area contributed by atoms with Crippen molar-refractivity contribution in [1.29, 1.82) is 0 Å². The fourth-order valence-corrected chi connectivity index (χ4v) is 1.61. The van der Waals surface area contributed by atoms with Gasteiger partial charge in [-0.25, -0.2) is 4.79 Å². The van der Waals surface area contributed by atoms with E-state index in [2.05, 4.69) is 10.1 Å². The van der Waals surface area contributed by atoms with Crippen molar-refractivity contribution in [1.82, 2.24) is 0 Å². The Hall–Kier alpha value is -1.88. The third-order valence-corrected chi connectivity index (χ3v) is 2.25. The first-order valence-corrected chi connectivity index (χ1v) is 5.09. The number of aromatic carboxylic acids is 1. The van der Waals surface area contributed by atoms with E-state index in [-0.39, 0.29) is 18.1 Å². The molecule has 1 rings (SSSR count). The molecule has 0 aromatic heterocycles. The van der Waals surface area contributed by atoms with Gasteiger partial charge in [-0.15, -0.1) is 0 Å². The number of carbonyl (C=O) groups is 2. The number of nitrogens with one attached hydrogen (secondary N) is 1. The lowest BCUT2D eigenvalue weighted by atomic mass is 10.0. The maximum atomic E-state index is 11.4. The minimum Gasteiger partial charge on any atom is -0.478 e. The van der Waals surface area contributed by atoms with Gasteiger partial charge in [-0.2, -0.15) is 0 Å². The number of methoxy groups -OCH3 is 1. The lowest BCUT2D eigenvalue weighted by Gasteiger charge is -2.12. The normalized spacial score (nSPS) is 10.1. The topological polar surface area (TPSA) is 75.6 Å². The van der Waals surface area contributed by atoms with Crippen LogP contribution in [0.3, 0.4) is 0 Å². The molecule has 0 aliphatic heterocycles. The molecule has 0 saturated carbocycles. The van der Waals surface area contributed by atoms with E-state index < -0.39 is 5.97 Å². The summed E-state index contributed by atoms with van der Waals surface area (Å²) in [6, 6.07) is 3.34. The number of anilines is 1.